The van der Waals surface area contributed by atoms with Crippen molar-refractivity contribution in [2.45, 2.75) is 25.9 Å². The molecule has 3 rings (SSSR count). The predicted molar refractivity (Wildman–Crippen MR) is 72.0 cm³/mol. The molecule has 0 atom stereocenters. The summed E-state index contributed by atoms with van der Waals surface area (Å²) in [7, 11) is 0. The molecule has 2 nitrogen and oxygen atoms in total. The quantitative estimate of drug-likeness (QED) is 0.782. The highest BCUT2D eigenvalue weighted by molar-refractivity contribution is 6.29. The maximum absolute atomic E-state index is 5.73. The fourth-order valence-corrected chi connectivity index (χ4v) is 2.44. The zero-order valence-electron chi connectivity index (χ0n) is 10.0. The first-order chi connectivity index (χ1) is 8.81. The first-order valence-electron chi connectivity index (χ1n) is 6.16. The molecule has 18 heavy (non-hydrogen) atoms. The SMILES string of the molecule is Clc1ccc(OCc2ccc3c(c2)CCC3)cn1. The number of nitrogens with zero attached hydrogens (tertiary/aromatic N) is 1. The molecular weight excluding hydrogens is 246 g/mol. The van der Waals surface area contributed by atoms with Crippen LogP contribution in [0.4, 0.5) is 0 Å². The second kappa shape index (κ2) is 4.99. The number of rotatable bonds is 3. The first-order valence-corrected chi connectivity index (χ1v) is 6.54. The van der Waals surface area contributed by atoms with Crippen LogP contribution in [-0.2, 0) is 19.4 Å². The number of aryl methyl sites for hydroxylation is 2. The van der Waals surface area contributed by atoms with E-state index in [4.69, 9.17) is 16.3 Å². The molecule has 0 aliphatic heterocycles. The van der Waals surface area contributed by atoms with Gasteiger partial charge in [0.05, 0.1) is 6.20 Å². The van der Waals surface area contributed by atoms with Crippen LogP contribution in [0, 0.1) is 0 Å². The van der Waals surface area contributed by atoms with Gasteiger partial charge in [-0.1, -0.05) is 29.8 Å². The van der Waals surface area contributed by atoms with E-state index in [1.54, 1.807) is 12.3 Å². The van der Waals surface area contributed by atoms with Crippen molar-refractivity contribution < 1.29 is 4.74 Å². The van der Waals surface area contributed by atoms with Crippen LogP contribution in [0.2, 0.25) is 5.15 Å². The normalized spacial score (nSPS) is 13.4. The maximum atomic E-state index is 5.73. The van der Waals surface area contributed by atoms with Crippen LogP contribution in [0.3, 0.4) is 0 Å². The van der Waals surface area contributed by atoms with Gasteiger partial charge in [-0.05, 0) is 48.1 Å². The fourth-order valence-electron chi connectivity index (χ4n) is 2.33. The number of fused-ring (bicyclic) bond motifs is 1. The number of hydrogen-bond acceptors (Lipinski definition) is 2. The molecule has 1 aliphatic rings. The lowest BCUT2D eigenvalue weighted by atomic mass is 10.1. The average Bonchev–Trinajstić information content (AvgIpc) is 2.85. The van der Waals surface area contributed by atoms with Crippen LogP contribution in [0.15, 0.2) is 36.5 Å². The van der Waals surface area contributed by atoms with E-state index in [1.165, 1.54) is 36.0 Å². The zero-order valence-corrected chi connectivity index (χ0v) is 10.8. The van der Waals surface area contributed by atoms with E-state index in [9.17, 15) is 0 Å². The van der Waals surface area contributed by atoms with E-state index in [0.29, 0.717) is 11.8 Å². The molecule has 92 valence electrons. The van der Waals surface area contributed by atoms with Gasteiger partial charge in [0.25, 0.3) is 0 Å². The Morgan fingerprint density at radius 3 is 2.83 bits per heavy atom. The molecular formula is C15H14ClNO. The van der Waals surface area contributed by atoms with E-state index < -0.39 is 0 Å². The van der Waals surface area contributed by atoms with Crippen molar-refractivity contribution in [3.05, 3.63) is 58.4 Å². The molecule has 0 fully saturated rings. The number of benzene rings is 1. The largest absolute Gasteiger partial charge is 0.487 e. The number of hydrogen-bond donors (Lipinski definition) is 0. The molecule has 0 bridgehead atoms. The molecule has 1 aliphatic carbocycles. The zero-order chi connectivity index (χ0) is 12.4. The van der Waals surface area contributed by atoms with E-state index in [1.807, 2.05) is 6.07 Å². The highest BCUT2D eigenvalue weighted by Gasteiger charge is 2.10. The van der Waals surface area contributed by atoms with Crippen molar-refractivity contribution in [3.8, 4) is 5.75 Å². The summed E-state index contributed by atoms with van der Waals surface area (Å²) in [6.45, 7) is 0.580. The van der Waals surface area contributed by atoms with Gasteiger partial charge in [0, 0.05) is 0 Å². The smallest absolute Gasteiger partial charge is 0.138 e. The van der Waals surface area contributed by atoms with Crippen molar-refractivity contribution in [2.24, 2.45) is 0 Å². The van der Waals surface area contributed by atoms with E-state index in [0.717, 1.165) is 5.75 Å². The summed E-state index contributed by atoms with van der Waals surface area (Å²) in [6.07, 6.45) is 5.35. The molecule has 0 saturated carbocycles. The molecule has 2 aromatic rings. The van der Waals surface area contributed by atoms with Crippen molar-refractivity contribution in [3.63, 3.8) is 0 Å². The summed E-state index contributed by atoms with van der Waals surface area (Å²) in [5.74, 6) is 0.750. The Kier molecular flexibility index (Phi) is 3.20. The second-order valence-electron chi connectivity index (χ2n) is 4.56. The lowest BCUT2D eigenvalue weighted by molar-refractivity contribution is 0.305. The fraction of sp³-hybridized carbons (Fsp3) is 0.267. The van der Waals surface area contributed by atoms with Gasteiger partial charge in [-0.3, -0.25) is 0 Å². The molecule has 0 spiro atoms. The average molecular weight is 260 g/mol. The Bertz CT molecular complexity index is 551. The number of aromatic nitrogens is 1. The van der Waals surface area contributed by atoms with Crippen molar-refractivity contribution >= 4 is 11.6 Å². The highest BCUT2D eigenvalue weighted by Crippen LogP contribution is 2.23. The van der Waals surface area contributed by atoms with Crippen molar-refractivity contribution in [1.29, 1.82) is 0 Å². The minimum absolute atomic E-state index is 0.486. The topological polar surface area (TPSA) is 22.1 Å². The van der Waals surface area contributed by atoms with E-state index in [2.05, 4.69) is 23.2 Å². The summed E-state index contributed by atoms with van der Waals surface area (Å²) in [6, 6.07) is 10.2. The Balaban J connectivity index is 1.68. The van der Waals surface area contributed by atoms with Crippen molar-refractivity contribution in [1.82, 2.24) is 4.98 Å². The molecule has 1 heterocycles. The molecule has 1 aromatic carbocycles. The van der Waals surface area contributed by atoms with Crippen LogP contribution >= 0.6 is 11.6 Å². The molecule has 0 unspecified atom stereocenters. The summed E-state index contributed by atoms with van der Waals surface area (Å²) in [4.78, 5) is 3.99. The maximum Gasteiger partial charge on any atom is 0.138 e. The van der Waals surface area contributed by atoms with Gasteiger partial charge in [-0.15, -0.1) is 0 Å². The third kappa shape index (κ3) is 2.49. The molecule has 3 heteroatoms. The molecule has 0 amide bonds. The number of halogens is 1. The number of ether oxygens (including phenoxy) is 1. The van der Waals surface area contributed by atoms with Gasteiger partial charge < -0.3 is 4.74 Å². The lowest BCUT2D eigenvalue weighted by Gasteiger charge is -2.07. The Hall–Kier alpha value is -1.54. The Morgan fingerprint density at radius 2 is 2.00 bits per heavy atom. The van der Waals surface area contributed by atoms with Crippen LogP contribution in [0.1, 0.15) is 23.1 Å². The molecule has 1 aromatic heterocycles. The van der Waals surface area contributed by atoms with Gasteiger partial charge >= 0.3 is 0 Å². The molecule has 0 saturated heterocycles. The van der Waals surface area contributed by atoms with Gasteiger partial charge in [0.15, 0.2) is 0 Å². The van der Waals surface area contributed by atoms with E-state index >= 15 is 0 Å². The van der Waals surface area contributed by atoms with Crippen LogP contribution < -0.4 is 4.74 Å². The monoisotopic (exact) mass is 259 g/mol. The summed E-state index contributed by atoms with van der Waals surface area (Å²) < 4.78 is 5.69. The lowest BCUT2D eigenvalue weighted by Crippen LogP contribution is -1.97. The minimum Gasteiger partial charge on any atom is -0.487 e. The van der Waals surface area contributed by atoms with Gasteiger partial charge in [-0.25, -0.2) is 4.98 Å². The van der Waals surface area contributed by atoms with Crippen LogP contribution in [0.25, 0.3) is 0 Å². The van der Waals surface area contributed by atoms with Crippen LogP contribution in [-0.4, -0.2) is 4.98 Å². The summed E-state index contributed by atoms with van der Waals surface area (Å²) >= 11 is 5.73. The number of pyridine rings is 1. The Labute approximate surface area is 112 Å². The van der Waals surface area contributed by atoms with Gasteiger partial charge in [-0.2, -0.15) is 0 Å². The first kappa shape index (κ1) is 11.5. The highest BCUT2D eigenvalue weighted by atomic mass is 35.5. The third-order valence-corrected chi connectivity index (χ3v) is 3.49. The minimum atomic E-state index is 0.486. The van der Waals surface area contributed by atoms with Gasteiger partial charge in [0.2, 0.25) is 0 Å². The molecule has 0 radical (unpaired) electrons. The standard InChI is InChI=1S/C15H14ClNO/c16-15-7-6-14(9-17-15)18-10-11-4-5-12-2-1-3-13(12)8-11/h4-9H,1-3,10H2. The van der Waals surface area contributed by atoms with Crippen molar-refractivity contribution in [2.75, 3.05) is 0 Å². The third-order valence-electron chi connectivity index (χ3n) is 3.27. The summed E-state index contributed by atoms with van der Waals surface area (Å²) in [5.41, 5.74) is 4.18. The Morgan fingerprint density at radius 1 is 1.11 bits per heavy atom. The van der Waals surface area contributed by atoms with Crippen LogP contribution in [0.5, 0.6) is 5.75 Å². The summed E-state index contributed by atoms with van der Waals surface area (Å²) in [5, 5.41) is 0.486. The second-order valence-corrected chi connectivity index (χ2v) is 4.95. The predicted octanol–water partition coefficient (Wildman–Crippen LogP) is 3.80. The van der Waals surface area contributed by atoms with Gasteiger partial charge in [0.1, 0.15) is 17.5 Å². The molecule has 0 N–H and O–H groups in total. The van der Waals surface area contributed by atoms with E-state index in [-0.39, 0.29) is 0 Å².